The molecule has 2 aliphatic carbocycles. The second-order valence-electron chi connectivity index (χ2n) is 7.58. The van der Waals surface area contributed by atoms with Gasteiger partial charge in [0, 0.05) is 24.7 Å². The zero-order valence-corrected chi connectivity index (χ0v) is 15.2. The van der Waals surface area contributed by atoms with Crippen molar-refractivity contribution in [2.75, 3.05) is 7.05 Å². The molecule has 138 valence electrons. The zero-order valence-electron chi connectivity index (χ0n) is 15.2. The van der Waals surface area contributed by atoms with Crippen LogP contribution in [-0.2, 0) is 24.2 Å². The summed E-state index contributed by atoms with van der Waals surface area (Å²) in [6.45, 7) is 0.517. The Hall–Kier alpha value is -2.83. The Balaban J connectivity index is 1.59. The van der Waals surface area contributed by atoms with Crippen molar-refractivity contribution in [1.29, 1.82) is 0 Å². The molecule has 5 rings (SSSR count). The molecule has 7 heteroatoms. The number of aromatic nitrogens is 3. The molecular formula is C20H22N5O2+. The van der Waals surface area contributed by atoms with Gasteiger partial charge in [0.15, 0.2) is 12.2 Å². The second kappa shape index (κ2) is 6.11. The highest BCUT2D eigenvalue weighted by Crippen LogP contribution is 2.53. The highest BCUT2D eigenvalue weighted by molar-refractivity contribution is 5.82. The third-order valence-corrected chi connectivity index (χ3v) is 6.30. The number of rotatable bonds is 2. The maximum absolute atomic E-state index is 12.3. The van der Waals surface area contributed by atoms with E-state index in [1.54, 1.807) is 13.2 Å². The van der Waals surface area contributed by atoms with Crippen LogP contribution in [-0.4, -0.2) is 29.1 Å². The lowest BCUT2D eigenvalue weighted by molar-refractivity contribution is -0.634. The fourth-order valence-electron chi connectivity index (χ4n) is 4.93. The predicted octanol–water partition coefficient (Wildman–Crippen LogP) is 0.989. The van der Waals surface area contributed by atoms with Crippen molar-refractivity contribution in [3.63, 3.8) is 0 Å². The van der Waals surface area contributed by atoms with Gasteiger partial charge >= 0.3 is 6.03 Å². The van der Waals surface area contributed by atoms with Gasteiger partial charge in [-0.2, -0.15) is 4.79 Å². The summed E-state index contributed by atoms with van der Waals surface area (Å²) in [5, 5.41) is 10.4. The molecule has 1 fully saturated rings. The number of hydrogen-bond acceptors (Lipinski definition) is 4. The van der Waals surface area contributed by atoms with Gasteiger partial charge in [0.05, 0.1) is 5.69 Å². The first-order valence-electron chi connectivity index (χ1n) is 9.57. The van der Waals surface area contributed by atoms with E-state index in [1.165, 1.54) is 15.8 Å². The van der Waals surface area contributed by atoms with E-state index in [0.29, 0.717) is 18.4 Å². The molecule has 1 aliphatic heterocycles. The number of nitrogens with one attached hydrogen (secondary N) is 2. The first-order chi connectivity index (χ1) is 13.2. The molecule has 3 atom stereocenters. The van der Waals surface area contributed by atoms with E-state index in [1.807, 2.05) is 18.2 Å². The van der Waals surface area contributed by atoms with Crippen molar-refractivity contribution in [2.45, 2.75) is 32.2 Å². The summed E-state index contributed by atoms with van der Waals surface area (Å²) in [5.74, 6) is 1.21. The molecule has 2 N–H and O–H groups in total. The van der Waals surface area contributed by atoms with Crippen LogP contribution >= 0.6 is 0 Å². The van der Waals surface area contributed by atoms with Crippen LogP contribution in [0.4, 0.5) is 4.79 Å². The van der Waals surface area contributed by atoms with Crippen molar-refractivity contribution in [3.8, 4) is 11.4 Å². The van der Waals surface area contributed by atoms with Crippen molar-refractivity contribution in [3.05, 3.63) is 41.2 Å². The first-order valence-corrected chi connectivity index (χ1v) is 9.57. The smallest absolute Gasteiger partial charge is 0.359 e. The molecule has 2 amide bonds. The Morgan fingerprint density at radius 3 is 2.70 bits per heavy atom. The lowest BCUT2D eigenvalue weighted by atomic mass is 9.90. The Labute approximate surface area is 157 Å². The van der Waals surface area contributed by atoms with Crippen LogP contribution in [0.25, 0.3) is 11.4 Å². The Kier molecular flexibility index (Phi) is 3.70. The summed E-state index contributed by atoms with van der Waals surface area (Å²) >= 11 is 0. The van der Waals surface area contributed by atoms with E-state index in [-0.39, 0.29) is 17.9 Å². The molecular weight excluding hydrogens is 342 g/mol. The van der Waals surface area contributed by atoms with Gasteiger partial charge in [-0.25, -0.2) is 5.32 Å². The highest BCUT2D eigenvalue weighted by atomic mass is 16.2. The van der Waals surface area contributed by atoms with Crippen LogP contribution in [0.1, 0.15) is 29.7 Å². The molecule has 7 nitrogen and oxygen atoms in total. The van der Waals surface area contributed by atoms with Gasteiger partial charge in [-0.3, -0.25) is 9.78 Å². The fourth-order valence-corrected chi connectivity index (χ4v) is 4.93. The monoisotopic (exact) mass is 364 g/mol. The molecule has 0 bridgehead atoms. The predicted molar refractivity (Wildman–Crippen MR) is 96.5 cm³/mol. The maximum atomic E-state index is 12.3. The summed E-state index contributed by atoms with van der Waals surface area (Å²) in [6.07, 6.45) is 5.44. The summed E-state index contributed by atoms with van der Waals surface area (Å²) in [7, 11) is 1.72. The van der Waals surface area contributed by atoms with E-state index < -0.39 is 0 Å². The number of carbonyl (C=O) groups excluding carboxylic acids is 2. The molecule has 0 saturated heterocycles. The summed E-state index contributed by atoms with van der Waals surface area (Å²) < 4.78 is 1.51. The Morgan fingerprint density at radius 1 is 1.22 bits per heavy atom. The van der Waals surface area contributed by atoms with Crippen molar-refractivity contribution in [2.24, 2.45) is 17.8 Å². The van der Waals surface area contributed by atoms with E-state index in [9.17, 15) is 9.59 Å². The lowest BCUT2D eigenvalue weighted by Gasteiger charge is -2.16. The first kappa shape index (κ1) is 16.4. The highest BCUT2D eigenvalue weighted by Gasteiger charge is 2.54. The van der Waals surface area contributed by atoms with E-state index in [2.05, 4.69) is 20.7 Å². The zero-order chi connectivity index (χ0) is 18.5. The molecule has 2 aromatic heterocycles. The van der Waals surface area contributed by atoms with Crippen molar-refractivity contribution >= 4 is 11.9 Å². The van der Waals surface area contributed by atoms with Crippen LogP contribution in [0.15, 0.2) is 24.4 Å². The Morgan fingerprint density at radius 2 is 2.00 bits per heavy atom. The van der Waals surface area contributed by atoms with E-state index in [0.717, 1.165) is 42.8 Å². The maximum Gasteiger partial charge on any atom is 0.517 e. The number of pyridine rings is 1. The van der Waals surface area contributed by atoms with Gasteiger partial charge in [-0.15, -0.1) is 0 Å². The SMILES string of the molecule is CNC(=O)C1C2CCc3c(-c4ccccn4)n[n+]4c(c3CCC21)CNC4=O. The van der Waals surface area contributed by atoms with Crippen LogP contribution < -0.4 is 15.3 Å². The van der Waals surface area contributed by atoms with Crippen LogP contribution in [0.3, 0.4) is 0 Å². The van der Waals surface area contributed by atoms with Crippen molar-refractivity contribution in [1.82, 2.24) is 20.7 Å². The van der Waals surface area contributed by atoms with E-state index in [4.69, 9.17) is 0 Å². The number of fused-ring (bicyclic) bond motifs is 4. The average molecular weight is 364 g/mol. The van der Waals surface area contributed by atoms with Gasteiger partial charge < -0.3 is 5.32 Å². The Bertz CT molecular complexity index is 943. The molecule has 1 saturated carbocycles. The number of nitrogens with zero attached hydrogens (tertiary/aromatic N) is 3. The quantitative estimate of drug-likeness (QED) is 0.778. The summed E-state index contributed by atoms with van der Waals surface area (Å²) in [4.78, 5) is 28.9. The van der Waals surface area contributed by atoms with E-state index >= 15 is 0 Å². The van der Waals surface area contributed by atoms with Gasteiger partial charge in [0.2, 0.25) is 5.91 Å². The average Bonchev–Trinajstić information content (AvgIpc) is 3.24. The standard InChI is InChI=1S/C20H21N5O2/c1-21-19(26)17-12-6-5-11-14(8-7-13(12)17)18(15-4-2-3-9-22-15)24-25-16(11)10-23-20(25)27/h2-4,9,12-13,17H,5-8,10H2,1H3,(H-,21,23,26,27)/p+1. The van der Waals surface area contributed by atoms with Gasteiger partial charge in [0.25, 0.3) is 0 Å². The minimum absolute atomic E-state index is 0.135. The van der Waals surface area contributed by atoms with Crippen molar-refractivity contribution < 1.29 is 14.3 Å². The number of carbonyl (C=O) groups is 2. The molecule has 27 heavy (non-hydrogen) atoms. The normalized spacial score (nSPS) is 25.4. The summed E-state index contributed by atoms with van der Waals surface area (Å²) in [5.41, 5.74) is 4.95. The minimum Gasteiger partial charge on any atom is -0.359 e. The lowest BCUT2D eigenvalue weighted by Crippen LogP contribution is -2.48. The van der Waals surface area contributed by atoms with Gasteiger partial charge in [0.1, 0.15) is 5.69 Å². The fraction of sp³-hybridized carbons (Fsp3) is 0.450. The number of hydrogen-bond donors (Lipinski definition) is 2. The number of amides is 2. The molecule has 0 aromatic carbocycles. The molecule has 2 aromatic rings. The van der Waals surface area contributed by atoms with Gasteiger partial charge in [-0.1, -0.05) is 15.8 Å². The molecule has 0 spiro atoms. The third kappa shape index (κ3) is 2.52. The summed E-state index contributed by atoms with van der Waals surface area (Å²) in [6, 6.07) is 5.58. The molecule has 0 radical (unpaired) electrons. The molecule has 3 heterocycles. The molecule has 3 aliphatic rings. The van der Waals surface area contributed by atoms with Crippen LogP contribution in [0.2, 0.25) is 0 Å². The van der Waals surface area contributed by atoms with Gasteiger partial charge in [-0.05, 0) is 55.2 Å². The van der Waals surface area contributed by atoms with Crippen LogP contribution in [0.5, 0.6) is 0 Å². The second-order valence-corrected chi connectivity index (χ2v) is 7.58. The van der Waals surface area contributed by atoms with Crippen LogP contribution in [0, 0.1) is 17.8 Å². The molecule has 3 unspecified atom stereocenters. The minimum atomic E-state index is -0.181. The third-order valence-electron chi connectivity index (χ3n) is 6.30. The topological polar surface area (TPSA) is 87.9 Å². The largest absolute Gasteiger partial charge is 0.517 e.